The maximum Gasteiger partial charge on any atom is 0.303 e. The van der Waals surface area contributed by atoms with Crippen molar-refractivity contribution in [2.75, 3.05) is 21.3 Å². The maximum atomic E-state index is 11.8. The predicted molar refractivity (Wildman–Crippen MR) is 99.0 cm³/mol. The van der Waals surface area contributed by atoms with Gasteiger partial charge in [-0.05, 0) is 29.8 Å². The lowest BCUT2D eigenvalue weighted by Crippen LogP contribution is -2.41. The van der Waals surface area contributed by atoms with E-state index in [2.05, 4.69) is 0 Å². The van der Waals surface area contributed by atoms with E-state index in [9.17, 15) is 4.79 Å². The summed E-state index contributed by atoms with van der Waals surface area (Å²) < 4.78 is 34.2. The average Bonchev–Trinajstić information content (AvgIpc) is 2.71. The van der Waals surface area contributed by atoms with Crippen LogP contribution in [0.4, 0.5) is 0 Å². The van der Waals surface area contributed by atoms with Gasteiger partial charge in [-0.1, -0.05) is 0 Å². The molecule has 148 valence electrons. The van der Waals surface area contributed by atoms with Gasteiger partial charge in [-0.15, -0.1) is 0 Å². The largest absolute Gasteiger partial charge is 0.497 e. The molecule has 0 saturated heterocycles. The van der Waals surface area contributed by atoms with E-state index in [0.717, 1.165) is 16.7 Å². The Hall–Kier alpha value is -2.93. The molecule has 0 aliphatic carbocycles. The van der Waals surface area contributed by atoms with E-state index >= 15 is 0 Å². The predicted octanol–water partition coefficient (Wildman–Crippen LogP) is 3.35. The zero-order valence-electron chi connectivity index (χ0n) is 16.2. The summed E-state index contributed by atoms with van der Waals surface area (Å²) in [5.41, 5.74) is 2.60. The molecule has 7 heteroatoms. The molecule has 2 aromatic carbocycles. The van der Waals surface area contributed by atoms with Crippen molar-refractivity contribution in [1.82, 2.24) is 0 Å². The van der Waals surface area contributed by atoms with Crippen LogP contribution in [0, 0.1) is 0 Å². The summed E-state index contributed by atoms with van der Waals surface area (Å²) in [6, 6.07) is 9.21. The highest BCUT2D eigenvalue weighted by Crippen LogP contribution is 2.49. The molecule has 0 saturated carbocycles. The van der Waals surface area contributed by atoms with Crippen LogP contribution in [-0.2, 0) is 20.9 Å². The first-order valence-corrected chi connectivity index (χ1v) is 8.94. The van der Waals surface area contributed by atoms with Gasteiger partial charge in [0.15, 0.2) is 23.7 Å². The molecule has 28 heavy (non-hydrogen) atoms. The van der Waals surface area contributed by atoms with Crippen molar-refractivity contribution in [3.8, 4) is 23.0 Å². The zero-order valence-corrected chi connectivity index (χ0v) is 16.2. The quantitative estimate of drug-likeness (QED) is 0.746. The normalized spacial score (nSPS) is 22.1. The number of carbonyl (C=O) groups excluding carboxylic acids is 1. The SMILES string of the molecule is COc1ccc2c(c1)O[C@H]1c3cc(OC)c(OC)cc3CO[C@@H]1[C@H]2OC(C)=O. The number of fused-ring (bicyclic) bond motifs is 4. The van der Waals surface area contributed by atoms with E-state index in [1.54, 1.807) is 27.4 Å². The van der Waals surface area contributed by atoms with E-state index in [1.807, 2.05) is 24.3 Å². The van der Waals surface area contributed by atoms with Gasteiger partial charge < -0.3 is 28.4 Å². The second-order valence-corrected chi connectivity index (χ2v) is 6.65. The van der Waals surface area contributed by atoms with Gasteiger partial charge in [0, 0.05) is 24.1 Å². The molecule has 0 spiro atoms. The molecule has 0 fully saturated rings. The smallest absolute Gasteiger partial charge is 0.303 e. The van der Waals surface area contributed by atoms with Crippen LogP contribution in [0.2, 0.25) is 0 Å². The molecular formula is C21H22O7. The van der Waals surface area contributed by atoms with Crippen LogP contribution in [0.3, 0.4) is 0 Å². The number of rotatable bonds is 4. The summed E-state index contributed by atoms with van der Waals surface area (Å²) >= 11 is 0. The number of esters is 1. The highest BCUT2D eigenvalue weighted by atomic mass is 16.6. The van der Waals surface area contributed by atoms with Gasteiger partial charge >= 0.3 is 5.97 Å². The highest BCUT2D eigenvalue weighted by molar-refractivity contribution is 5.67. The lowest BCUT2D eigenvalue weighted by Gasteiger charge is -2.42. The Bertz CT molecular complexity index is 908. The first-order chi connectivity index (χ1) is 13.5. The Labute approximate surface area is 163 Å². The molecule has 2 aliphatic heterocycles. The number of hydrogen-bond acceptors (Lipinski definition) is 7. The summed E-state index contributed by atoms with van der Waals surface area (Å²) in [6.07, 6.45) is -1.53. The molecule has 2 heterocycles. The summed E-state index contributed by atoms with van der Waals surface area (Å²) in [4.78, 5) is 11.8. The zero-order chi connectivity index (χ0) is 19.8. The fourth-order valence-corrected chi connectivity index (χ4v) is 3.76. The molecular weight excluding hydrogens is 364 g/mol. The van der Waals surface area contributed by atoms with Crippen molar-refractivity contribution >= 4 is 5.97 Å². The molecule has 7 nitrogen and oxygen atoms in total. The molecule has 0 aromatic heterocycles. The molecule has 3 atom stereocenters. The second-order valence-electron chi connectivity index (χ2n) is 6.65. The molecule has 0 unspecified atom stereocenters. The van der Waals surface area contributed by atoms with Crippen LogP contribution in [0.25, 0.3) is 0 Å². The Balaban J connectivity index is 1.82. The van der Waals surface area contributed by atoms with Crippen molar-refractivity contribution < 1.29 is 33.2 Å². The van der Waals surface area contributed by atoms with Crippen LogP contribution in [-0.4, -0.2) is 33.4 Å². The maximum absolute atomic E-state index is 11.8. The third-order valence-corrected chi connectivity index (χ3v) is 5.05. The number of methoxy groups -OCH3 is 3. The molecule has 2 aliphatic rings. The summed E-state index contributed by atoms with van der Waals surface area (Å²) in [5.74, 6) is 2.10. The van der Waals surface area contributed by atoms with Crippen LogP contribution in [0.5, 0.6) is 23.0 Å². The monoisotopic (exact) mass is 386 g/mol. The van der Waals surface area contributed by atoms with Gasteiger partial charge in [-0.3, -0.25) is 4.79 Å². The number of hydrogen-bond donors (Lipinski definition) is 0. The number of carbonyl (C=O) groups is 1. The molecule has 2 aromatic rings. The van der Waals surface area contributed by atoms with Crippen molar-refractivity contribution in [2.45, 2.75) is 31.8 Å². The Morgan fingerprint density at radius 3 is 2.43 bits per heavy atom. The van der Waals surface area contributed by atoms with E-state index in [4.69, 9.17) is 28.4 Å². The fraction of sp³-hybridized carbons (Fsp3) is 0.381. The molecule has 0 amide bonds. The minimum absolute atomic E-state index is 0.351. The minimum Gasteiger partial charge on any atom is -0.497 e. The topological polar surface area (TPSA) is 72.5 Å². The lowest BCUT2D eigenvalue weighted by molar-refractivity contribution is -0.172. The van der Waals surface area contributed by atoms with Gasteiger partial charge in [0.2, 0.25) is 0 Å². The fourth-order valence-electron chi connectivity index (χ4n) is 3.76. The van der Waals surface area contributed by atoms with Gasteiger partial charge in [-0.2, -0.15) is 0 Å². The first-order valence-electron chi connectivity index (χ1n) is 8.94. The van der Waals surface area contributed by atoms with Gasteiger partial charge in [-0.25, -0.2) is 0 Å². The third-order valence-electron chi connectivity index (χ3n) is 5.05. The van der Waals surface area contributed by atoms with Gasteiger partial charge in [0.05, 0.1) is 27.9 Å². The summed E-state index contributed by atoms with van der Waals surface area (Å²) in [7, 11) is 4.77. The van der Waals surface area contributed by atoms with Crippen LogP contribution in [0.15, 0.2) is 30.3 Å². The van der Waals surface area contributed by atoms with Crippen LogP contribution >= 0.6 is 0 Å². The lowest BCUT2D eigenvalue weighted by atomic mass is 9.87. The second kappa shape index (κ2) is 7.24. The molecule has 4 rings (SSSR count). The molecule has 0 radical (unpaired) electrons. The van der Waals surface area contributed by atoms with Crippen LogP contribution < -0.4 is 18.9 Å². The number of benzene rings is 2. The average molecular weight is 386 g/mol. The van der Waals surface area contributed by atoms with Crippen molar-refractivity contribution in [1.29, 1.82) is 0 Å². The molecule has 0 bridgehead atoms. The highest BCUT2D eigenvalue weighted by Gasteiger charge is 2.45. The van der Waals surface area contributed by atoms with E-state index in [0.29, 0.717) is 29.6 Å². The van der Waals surface area contributed by atoms with Gasteiger partial charge in [0.25, 0.3) is 0 Å². The van der Waals surface area contributed by atoms with E-state index in [1.165, 1.54) is 6.92 Å². The minimum atomic E-state index is -0.585. The Morgan fingerprint density at radius 2 is 1.75 bits per heavy atom. The van der Waals surface area contributed by atoms with Crippen molar-refractivity contribution in [3.05, 3.63) is 47.0 Å². The standard InChI is InChI=1S/C21H22O7/c1-11(22)27-19-14-6-5-13(23-2)8-16(14)28-20-15-9-18(25-4)17(24-3)7-12(15)10-26-21(19)20/h5-9,19-21H,10H2,1-4H3/t19-,20-,21+/m0/s1. The van der Waals surface area contributed by atoms with Crippen molar-refractivity contribution in [3.63, 3.8) is 0 Å². The Kier molecular flexibility index (Phi) is 4.77. The summed E-state index contributed by atoms with van der Waals surface area (Å²) in [5, 5.41) is 0. The third kappa shape index (κ3) is 3.01. The van der Waals surface area contributed by atoms with E-state index < -0.39 is 18.3 Å². The van der Waals surface area contributed by atoms with E-state index in [-0.39, 0.29) is 5.97 Å². The van der Waals surface area contributed by atoms with Crippen molar-refractivity contribution in [2.24, 2.45) is 0 Å². The Morgan fingerprint density at radius 1 is 1.00 bits per heavy atom. The first kappa shape index (κ1) is 18.4. The van der Waals surface area contributed by atoms with Crippen LogP contribution in [0.1, 0.15) is 35.8 Å². The summed E-state index contributed by atoms with van der Waals surface area (Å²) in [6.45, 7) is 1.74. The molecule has 0 N–H and O–H groups in total. The number of ether oxygens (including phenoxy) is 6. The van der Waals surface area contributed by atoms with Gasteiger partial charge in [0.1, 0.15) is 17.6 Å².